The van der Waals surface area contributed by atoms with Gasteiger partial charge < -0.3 is 10.0 Å². The Morgan fingerprint density at radius 1 is 1.65 bits per heavy atom. The molecule has 1 aliphatic heterocycles. The van der Waals surface area contributed by atoms with E-state index in [9.17, 15) is 14.7 Å². The molecule has 0 spiro atoms. The molecule has 1 aliphatic rings. The number of carbonyl (C=O) groups excluding carboxylic acids is 2. The first-order valence-corrected chi connectivity index (χ1v) is 7.92. The van der Waals surface area contributed by atoms with Crippen molar-refractivity contribution in [3.05, 3.63) is 0 Å². The number of aliphatic hydroxyl groups excluding tert-OH is 1. The number of thioether (sulfide) groups is 2. The van der Waals surface area contributed by atoms with Gasteiger partial charge in [-0.1, -0.05) is 11.8 Å². The van der Waals surface area contributed by atoms with Crippen molar-refractivity contribution < 1.29 is 14.7 Å². The lowest BCUT2D eigenvalue weighted by molar-refractivity contribution is -0.130. The van der Waals surface area contributed by atoms with Gasteiger partial charge in [-0.05, 0) is 18.4 Å². The van der Waals surface area contributed by atoms with Crippen molar-refractivity contribution in [2.24, 2.45) is 0 Å². The number of rotatable bonds is 6. The molecule has 6 heteroatoms. The van der Waals surface area contributed by atoms with Crippen LogP contribution in [0.3, 0.4) is 0 Å². The van der Waals surface area contributed by atoms with E-state index in [2.05, 4.69) is 0 Å². The summed E-state index contributed by atoms with van der Waals surface area (Å²) < 4.78 is 0. The number of hydrogen-bond acceptors (Lipinski definition) is 5. The van der Waals surface area contributed by atoms with Crippen LogP contribution in [0.1, 0.15) is 19.8 Å². The van der Waals surface area contributed by atoms with Crippen molar-refractivity contribution >= 4 is 34.5 Å². The minimum Gasteiger partial charge on any atom is -0.394 e. The van der Waals surface area contributed by atoms with E-state index >= 15 is 0 Å². The summed E-state index contributed by atoms with van der Waals surface area (Å²) in [5, 5.41) is 9.43. The normalized spacial score (nSPS) is 21.9. The molecular formula is C11H19NO3S2. The highest BCUT2D eigenvalue weighted by Crippen LogP contribution is 2.26. The minimum absolute atomic E-state index is 0.00373. The summed E-state index contributed by atoms with van der Waals surface area (Å²) in [6, 6.07) is -0.0903. The molecule has 17 heavy (non-hydrogen) atoms. The maximum Gasteiger partial charge on any atom is 0.224 e. The van der Waals surface area contributed by atoms with E-state index in [1.807, 2.05) is 6.26 Å². The molecule has 1 unspecified atom stereocenters. The second-order valence-corrected chi connectivity index (χ2v) is 6.56. The number of hydrogen-bond donors (Lipinski definition) is 1. The van der Waals surface area contributed by atoms with Crippen LogP contribution in [-0.2, 0) is 9.59 Å². The monoisotopic (exact) mass is 277 g/mol. The van der Waals surface area contributed by atoms with Gasteiger partial charge >= 0.3 is 0 Å². The summed E-state index contributed by atoms with van der Waals surface area (Å²) in [5.41, 5.74) is 0. The molecule has 0 bridgehead atoms. The van der Waals surface area contributed by atoms with Crippen LogP contribution in [0.5, 0.6) is 0 Å². The predicted octanol–water partition coefficient (Wildman–Crippen LogP) is 0.981. The zero-order valence-corrected chi connectivity index (χ0v) is 11.9. The van der Waals surface area contributed by atoms with Gasteiger partial charge in [0.25, 0.3) is 0 Å². The minimum atomic E-state index is -0.0903. The molecule has 4 nitrogen and oxygen atoms in total. The third-order valence-corrected chi connectivity index (χ3v) is 4.39. The second-order valence-electron chi connectivity index (χ2n) is 4.10. The van der Waals surface area contributed by atoms with Crippen molar-refractivity contribution in [2.45, 2.75) is 31.1 Å². The summed E-state index contributed by atoms with van der Waals surface area (Å²) >= 11 is 2.94. The predicted molar refractivity (Wildman–Crippen MR) is 72.3 cm³/mol. The molecule has 1 amide bonds. The lowest BCUT2D eigenvalue weighted by Crippen LogP contribution is -2.39. The summed E-state index contributed by atoms with van der Waals surface area (Å²) in [6.07, 6.45) is 3.23. The Bertz CT molecular complexity index is 286. The molecule has 2 atom stereocenters. The van der Waals surface area contributed by atoms with E-state index in [1.165, 1.54) is 18.7 Å². The fraction of sp³-hybridized carbons (Fsp3) is 0.818. The van der Waals surface area contributed by atoms with E-state index < -0.39 is 0 Å². The third-order valence-electron chi connectivity index (χ3n) is 2.76. The largest absolute Gasteiger partial charge is 0.394 e. The Labute approximate surface area is 111 Å². The highest BCUT2D eigenvalue weighted by Gasteiger charge is 2.34. The molecule has 0 saturated carbocycles. The average Bonchev–Trinajstić information content (AvgIpc) is 2.60. The van der Waals surface area contributed by atoms with Crippen LogP contribution >= 0.6 is 23.5 Å². The maximum atomic E-state index is 11.8. The van der Waals surface area contributed by atoms with Crippen LogP contribution in [0.15, 0.2) is 0 Å². The highest BCUT2D eigenvalue weighted by atomic mass is 32.2. The van der Waals surface area contributed by atoms with Gasteiger partial charge in [0.2, 0.25) is 5.91 Å². The fourth-order valence-electron chi connectivity index (χ4n) is 1.96. The lowest BCUT2D eigenvalue weighted by atomic mass is 10.2. The zero-order valence-electron chi connectivity index (χ0n) is 10.2. The van der Waals surface area contributed by atoms with E-state index in [4.69, 9.17) is 0 Å². The summed E-state index contributed by atoms with van der Waals surface area (Å²) in [7, 11) is 0. The van der Waals surface area contributed by atoms with Gasteiger partial charge in [-0.15, -0.1) is 0 Å². The molecular weight excluding hydrogens is 258 g/mol. The molecule has 0 radical (unpaired) electrons. The Morgan fingerprint density at radius 3 is 2.88 bits per heavy atom. The first kappa shape index (κ1) is 14.9. The van der Waals surface area contributed by atoms with Gasteiger partial charge in [0.1, 0.15) is 0 Å². The number of aliphatic hydroxyl groups is 1. The van der Waals surface area contributed by atoms with Gasteiger partial charge in [0, 0.05) is 25.1 Å². The van der Waals surface area contributed by atoms with Crippen molar-refractivity contribution in [2.75, 3.05) is 25.2 Å². The van der Waals surface area contributed by atoms with E-state index in [-0.39, 0.29) is 28.9 Å². The van der Waals surface area contributed by atoms with E-state index in [0.29, 0.717) is 13.0 Å². The summed E-state index contributed by atoms with van der Waals surface area (Å²) in [4.78, 5) is 24.6. The van der Waals surface area contributed by atoms with Crippen molar-refractivity contribution in [1.29, 1.82) is 0 Å². The van der Waals surface area contributed by atoms with Gasteiger partial charge in [-0.2, -0.15) is 11.8 Å². The van der Waals surface area contributed by atoms with Crippen LogP contribution in [0.25, 0.3) is 0 Å². The fourth-order valence-corrected chi connectivity index (χ4v) is 3.40. The Hall–Kier alpha value is -0.200. The molecule has 98 valence electrons. The van der Waals surface area contributed by atoms with Gasteiger partial charge in [0.15, 0.2) is 5.12 Å². The van der Waals surface area contributed by atoms with E-state index in [0.717, 1.165) is 12.2 Å². The Morgan fingerprint density at radius 2 is 2.35 bits per heavy atom. The second kappa shape index (κ2) is 7.28. The summed E-state index contributed by atoms with van der Waals surface area (Å²) in [6.45, 7) is 2.11. The quantitative estimate of drug-likeness (QED) is 0.784. The van der Waals surface area contributed by atoms with Crippen LogP contribution in [0.2, 0.25) is 0 Å². The third kappa shape index (κ3) is 4.52. The van der Waals surface area contributed by atoms with Crippen LogP contribution in [0, 0.1) is 0 Å². The number of likely N-dealkylation sites (tertiary alicyclic amines) is 1. The Kier molecular flexibility index (Phi) is 6.37. The molecule has 0 aromatic heterocycles. The molecule has 1 saturated heterocycles. The standard InChI is InChI=1S/C11H19NO3S2/c1-8(14)17-10-5-11(15)12(6-10)9(7-13)3-4-16-2/h9-10,13H,3-7H2,1-2H3/t9-,10?/m0/s1. The van der Waals surface area contributed by atoms with Crippen LogP contribution in [-0.4, -0.2) is 57.5 Å². The van der Waals surface area contributed by atoms with Crippen molar-refractivity contribution in [3.63, 3.8) is 0 Å². The van der Waals surface area contributed by atoms with Gasteiger partial charge in [0.05, 0.1) is 12.6 Å². The average molecular weight is 277 g/mol. The molecule has 0 aliphatic carbocycles. The van der Waals surface area contributed by atoms with Gasteiger partial charge in [-0.25, -0.2) is 0 Å². The smallest absolute Gasteiger partial charge is 0.224 e. The van der Waals surface area contributed by atoms with E-state index in [1.54, 1.807) is 16.7 Å². The summed E-state index contributed by atoms with van der Waals surface area (Å²) in [5.74, 6) is 0.989. The van der Waals surface area contributed by atoms with Crippen LogP contribution in [0.4, 0.5) is 0 Å². The van der Waals surface area contributed by atoms with Crippen LogP contribution < -0.4 is 0 Å². The SMILES string of the molecule is CSCC[C@@H](CO)N1CC(SC(C)=O)CC1=O. The first-order valence-electron chi connectivity index (χ1n) is 5.65. The lowest BCUT2D eigenvalue weighted by Gasteiger charge is -2.26. The molecule has 1 fully saturated rings. The van der Waals surface area contributed by atoms with Crippen molar-refractivity contribution in [1.82, 2.24) is 4.90 Å². The number of amides is 1. The topological polar surface area (TPSA) is 57.6 Å². The van der Waals surface area contributed by atoms with Crippen molar-refractivity contribution in [3.8, 4) is 0 Å². The highest BCUT2D eigenvalue weighted by molar-refractivity contribution is 8.14. The zero-order chi connectivity index (χ0) is 12.8. The van der Waals surface area contributed by atoms with Gasteiger partial charge in [-0.3, -0.25) is 9.59 Å². The molecule has 0 aromatic rings. The number of nitrogens with zero attached hydrogens (tertiary/aromatic N) is 1. The molecule has 1 rings (SSSR count). The molecule has 0 aromatic carbocycles. The number of carbonyl (C=O) groups is 2. The maximum absolute atomic E-state index is 11.8. The molecule has 1 N–H and O–H groups in total. The first-order chi connectivity index (χ1) is 8.08. The molecule has 1 heterocycles. The Balaban J connectivity index is 2.52.